The summed E-state index contributed by atoms with van der Waals surface area (Å²) in [5, 5.41) is 8.92. The maximum Gasteiger partial charge on any atom is 0.0461 e. The van der Waals surface area contributed by atoms with Crippen LogP contribution in [-0.2, 0) is 0 Å². The Morgan fingerprint density at radius 2 is 2.00 bits per heavy atom. The maximum atomic E-state index is 8.92. The molecule has 10 heavy (non-hydrogen) atoms. The van der Waals surface area contributed by atoms with E-state index in [9.17, 15) is 0 Å². The Kier molecular flexibility index (Phi) is 3.16. The molecule has 0 aromatic rings. The number of nitrogens with two attached hydrogens (primary N) is 1. The lowest BCUT2D eigenvalue weighted by Crippen LogP contribution is -2.15. The number of hydrogen-bond donors (Lipinski definition) is 2. The quantitative estimate of drug-likeness (QED) is 0.612. The van der Waals surface area contributed by atoms with Crippen molar-refractivity contribution < 1.29 is 5.11 Å². The molecule has 0 amide bonds. The third-order valence-corrected chi connectivity index (χ3v) is 2.59. The van der Waals surface area contributed by atoms with Crippen molar-refractivity contribution in [3.8, 4) is 0 Å². The third-order valence-electron chi connectivity index (χ3n) is 2.59. The van der Waals surface area contributed by atoms with Gasteiger partial charge in [-0.1, -0.05) is 12.8 Å². The predicted octanol–water partition coefficient (Wildman–Crippen LogP) is 0.744. The van der Waals surface area contributed by atoms with E-state index >= 15 is 0 Å². The normalized spacial score (nSPS) is 33.0. The van der Waals surface area contributed by atoms with Gasteiger partial charge < -0.3 is 10.8 Å². The fourth-order valence-electron chi connectivity index (χ4n) is 1.95. The van der Waals surface area contributed by atoms with Gasteiger partial charge in [0.2, 0.25) is 0 Å². The van der Waals surface area contributed by atoms with Gasteiger partial charge in [0, 0.05) is 6.61 Å². The van der Waals surface area contributed by atoms with E-state index in [0.29, 0.717) is 12.5 Å². The molecule has 0 unspecified atom stereocenters. The van der Waals surface area contributed by atoms with Crippen LogP contribution in [0.1, 0.15) is 25.7 Å². The Bertz CT molecular complexity index is 95.3. The molecule has 0 heterocycles. The van der Waals surface area contributed by atoms with Gasteiger partial charge in [-0.05, 0) is 31.2 Å². The van der Waals surface area contributed by atoms with Gasteiger partial charge in [0.1, 0.15) is 0 Å². The molecule has 2 nitrogen and oxygen atoms in total. The van der Waals surface area contributed by atoms with Crippen LogP contribution in [0.25, 0.3) is 0 Å². The van der Waals surface area contributed by atoms with Crippen molar-refractivity contribution in [2.24, 2.45) is 17.6 Å². The molecular formula is C8H17NO. The topological polar surface area (TPSA) is 46.2 Å². The Balaban J connectivity index is 2.27. The van der Waals surface area contributed by atoms with Gasteiger partial charge >= 0.3 is 0 Å². The summed E-state index contributed by atoms with van der Waals surface area (Å²) in [6, 6.07) is 0. The molecule has 1 aliphatic carbocycles. The van der Waals surface area contributed by atoms with Crippen molar-refractivity contribution in [3.05, 3.63) is 0 Å². The van der Waals surface area contributed by atoms with Crippen LogP contribution in [-0.4, -0.2) is 18.3 Å². The Labute approximate surface area is 62.4 Å². The highest BCUT2D eigenvalue weighted by molar-refractivity contribution is 4.76. The van der Waals surface area contributed by atoms with E-state index in [1.807, 2.05) is 0 Å². The highest BCUT2D eigenvalue weighted by atomic mass is 16.3. The molecule has 1 rings (SSSR count). The summed E-state index contributed by atoms with van der Waals surface area (Å²) in [7, 11) is 0. The van der Waals surface area contributed by atoms with Gasteiger partial charge in [-0.3, -0.25) is 0 Å². The number of aliphatic hydroxyl groups is 1. The van der Waals surface area contributed by atoms with Crippen LogP contribution in [0.3, 0.4) is 0 Å². The van der Waals surface area contributed by atoms with Crippen molar-refractivity contribution in [1.82, 2.24) is 0 Å². The van der Waals surface area contributed by atoms with E-state index in [2.05, 4.69) is 0 Å². The summed E-state index contributed by atoms with van der Waals surface area (Å²) in [4.78, 5) is 0. The number of hydrogen-bond acceptors (Lipinski definition) is 2. The van der Waals surface area contributed by atoms with Gasteiger partial charge in [0.15, 0.2) is 0 Å². The van der Waals surface area contributed by atoms with E-state index in [1.165, 1.54) is 19.3 Å². The van der Waals surface area contributed by atoms with E-state index in [-0.39, 0.29) is 0 Å². The first kappa shape index (κ1) is 8.02. The summed E-state index contributed by atoms with van der Waals surface area (Å²) in [6.07, 6.45) is 4.88. The van der Waals surface area contributed by atoms with Crippen LogP contribution in [0.2, 0.25) is 0 Å². The largest absolute Gasteiger partial charge is 0.396 e. The second-order valence-electron chi connectivity index (χ2n) is 3.21. The lowest BCUT2D eigenvalue weighted by molar-refractivity contribution is 0.191. The molecule has 0 radical (unpaired) electrons. The first-order valence-corrected chi connectivity index (χ1v) is 4.19. The Hall–Kier alpha value is -0.0800. The fraction of sp³-hybridized carbons (Fsp3) is 1.00. The molecular weight excluding hydrogens is 126 g/mol. The molecule has 1 fully saturated rings. The molecule has 2 atom stereocenters. The zero-order valence-corrected chi connectivity index (χ0v) is 6.42. The second-order valence-corrected chi connectivity index (χ2v) is 3.21. The average molecular weight is 143 g/mol. The minimum atomic E-state index is 0.366. The van der Waals surface area contributed by atoms with Crippen LogP contribution in [0.4, 0.5) is 0 Å². The van der Waals surface area contributed by atoms with E-state index < -0.39 is 0 Å². The summed E-state index contributed by atoms with van der Waals surface area (Å²) in [5.41, 5.74) is 5.44. The van der Waals surface area contributed by atoms with Crippen molar-refractivity contribution in [2.45, 2.75) is 25.7 Å². The SMILES string of the molecule is NCC[C@@H]1CCC[C@H]1CO. The standard InChI is InChI=1S/C8H17NO/c9-5-4-7-2-1-3-8(7)6-10/h7-8,10H,1-6,9H2/t7-,8-/m0/s1. The molecule has 2 heteroatoms. The number of aliphatic hydroxyl groups excluding tert-OH is 1. The van der Waals surface area contributed by atoms with Gasteiger partial charge in [0.05, 0.1) is 0 Å². The minimum absolute atomic E-state index is 0.366. The molecule has 60 valence electrons. The molecule has 3 N–H and O–H groups in total. The van der Waals surface area contributed by atoms with Crippen LogP contribution in [0.15, 0.2) is 0 Å². The van der Waals surface area contributed by atoms with Crippen molar-refractivity contribution >= 4 is 0 Å². The van der Waals surface area contributed by atoms with E-state index in [1.54, 1.807) is 0 Å². The fourth-order valence-corrected chi connectivity index (χ4v) is 1.95. The Morgan fingerprint density at radius 1 is 1.30 bits per heavy atom. The van der Waals surface area contributed by atoms with Gasteiger partial charge in [-0.15, -0.1) is 0 Å². The molecule has 0 aromatic carbocycles. The van der Waals surface area contributed by atoms with Gasteiger partial charge in [-0.25, -0.2) is 0 Å². The van der Waals surface area contributed by atoms with Crippen molar-refractivity contribution in [2.75, 3.05) is 13.2 Å². The monoisotopic (exact) mass is 143 g/mol. The number of rotatable bonds is 3. The minimum Gasteiger partial charge on any atom is -0.396 e. The Morgan fingerprint density at radius 3 is 2.60 bits per heavy atom. The summed E-state index contributed by atoms with van der Waals surface area (Å²) in [5.74, 6) is 1.28. The van der Waals surface area contributed by atoms with Crippen molar-refractivity contribution in [1.29, 1.82) is 0 Å². The van der Waals surface area contributed by atoms with Gasteiger partial charge in [0.25, 0.3) is 0 Å². The zero-order valence-electron chi connectivity index (χ0n) is 6.42. The molecule has 0 aliphatic heterocycles. The molecule has 0 saturated heterocycles. The summed E-state index contributed by atoms with van der Waals surface area (Å²) >= 11 is 0. The summed E-state index contributed by atoms with van der Waals surface area (Å²) < 4.78 is 0. The molecule has 1 saturated carbocycles. The lowest BCUT2D eigenvalue weighted by Gasteiger charge is -2.15. The molecule has 0 aromatic heterocycles. The van der Waals surface area contributed by atoms with Gasteiger partial charge in [-0.2, -0.15) is 0 Å². The molecule has 0 spiro atoms. The van der Waals surface area contributed by atoms with Crippen LogP contribution in [0.5, 0.6) is 0 Å². The predicted molar refractivity (Wildman–Crippen MR) is 41.6 cm³/mol. The smallest absolute Gasteiger partial charge is 0.0461 e. The van der Waals surface area contributed by atoms with Crippen molar-refractivity contribution in [3.63, 3.8) is 0 Å². The second kappa shape index (κ2) is 3.94. The third kappa shape index (κ3) is 1.70. The molecule has 1 aliphatic rings. The highest BCUT2D eigenvalue weighted by Crippen LogP contribution is 2.32. The van der Waals surface area contributed by atoms with Crippen LogP contribution < -0.4 is 5.73 Å². The first-order valence-electron chi connectivity index (χ1n) is 4.19. The molecule has 0 bridgehead atoms. The van der Waals surface area contributed by atoms with E-state index in [4.69, 9.17) is 10.8 Å². The lowest BCUT2D eigenvalue weighted by atomic mass is 9.94. The average Bonchev–Trinajstić information content (AvgIpc) is 2.36. The highest BCUT2D eigenvalue weighted by Gasteiger charge is 2.25. The van der Waals surface area contributed by atoms with E-state index in [0.717, 1.165) is 18.9 Å². The first-order chi connectivity index (χ1) is 4.88. The zero-order chi connectivity index (χ0) is 7.40. The van der Waals surface area contributed by atoms with Crippen LogP contribution in [0, 0.1) is 11.8 Å². The van der Waals surface area contributed by atoms with Crippen LogP contribution >= 0.6 is 0 Å². The maximum absolute atomic E-state index is 8.92. The summed E-state index contributed by atoms with van der Waals surface area (Å²) in [6.45, 7) is 1.14.